The van der Waals surface area contributed by atoms with Gasteiger partial charge in [0.15, 0.2) is 11.5 Å². The van der Waals surface area contributed by atoms with Crippen molar-refractivity contribution in [2.24, 2.45) is 0 Å². The molecule has 0 spiro atoms. The third kappa shape index (κ3) is 1.94. The molecule has 3 N–H and O–H groups in total. The van der Waals surface area contributed by atoms with Crippen LogP contribution in [0.4, 0.5) is 5.82 Å². The van der Waals surface area contributed by atoms with Gasteiger partial charge in [0.1, 0.15) is 17.7 Å². The second-order valence-electron chi connectivity index (χ2n) is 5.51. The Morgan fingerprint density at radius 3 is 2.65 bits per heavy atom. The van der Waals surface area contributed by atoms with Crippen LogP contribution in [0.3, 0.4) is 0 Å². The molecule has 0 aromatic carbocycles. The zero-order valence-electron chi connectivity index (χ0n) is 11.3. The van der Waals surface area contributed by atoms with Crippen molar-refractivity contribution in [3.63, 3.8) is 0 Å². The van der Waals surface area contributed by atoms with Gasteiger partial charge < -0.3 is 10.7 Å². The van der Waals surface area contributed by atoms with Crippen LogP contribution in [0.1, 0.15) is 26.5 Å². The molecule has 0 unspecified atom stereocenters. The molecule has 20 heavy (non-hydrogen) atoms. The molecule has 0 amide bonds. The Labute approximate surface area is 129 Å². The molecule has 0 fully saturated rings. The summed E-state index contributed by atoms with van der Waals surface area (Å²) in [7, 11) is 0. The number of anilines is 1. The zero-order valence-corrected chi connectivity index (χ0v) is 13.5. The number of hydrogen-bond donors (Lipinski definition) is 2. The summed E-state index contributed by atoms with van der Waals surface area (Å²) in [6.45, 7) is 6.31. The maximum Gasteiger partial charge on any atom is 0.184 e. The van der Waals surface area contributed by atoms with Crippen LogP contribution in [0.2, 0.25) is 0 Å². The number of rotatable bonds is 1. The zero-order chi connectivity index (χ0) is 14.5. The van der Waals surface area contributed by atoms with E-state index >= 15 is 0 Å². The normalized spacial score (nSPS) is 12.2. The first-order chi connectivity index (χ1) is 9.39. The topological polar surface area (TPSA) is 98.3 Å². The van der Waals surface area contributed by atoms with E-state index in [1.54, 1.807) is 11.0 Å². The van der Waals surface area contributed by atoms with Gasteiger partial charge in [0.25, 0.3) is 0 Å². The van der Waals surface area contributed by atoms with Crippen molar-refractivity contribution in [1.29, 1.82) is 0 Å². The van der Waals surface area contributed by atoms with Crippen LogP contribution in [0, 0.1) is 3.57 Å². The highest BCUT2D eigenvalue weighted by Crippen LogP contribution is 2.31. The van der Waals surface area contributed by atoms with E-state index < -0.39 is 0 Å². The van der Waals surface area contributed by atoms with Crippen LogP contribution < -0.4 is 5.73 Å². The Kier molecular flexibility index (Phi) is 2.92. The molecule has 0 saturated heterocycles. The Morgan fingerprint density at radius 1 is 1.25 bits per heavy atom. The molecule has 7 nitrogen and oxygen atoms in total. The van der Waals surface area contributed by atoms with Crippen LogP contribution in [0.25, 0.3) is 17.0 Å². The summed E-state index contributed by atoms with van der Waals surface area (Å²) in [4.78, 5) is 15.5. The lowest BCUT2D eigenvalue weighted by Crippen LogP contribution is -2.14. The predicted octanol–water partition coefficient (Wildman–Crippen LogP) is 2.02. The molecule has 0 radical (unpaired) electrons. The number of imidazole rings is 1. The molecule has 3 aromatic heterocycles. The summed E-state index contributed by atoms with van der Waals surface area (Å²) in [5.74, 6) is 1.18. The average Bonchev–Trinajstić information content (AvgIpc) is 2.95. The fourth-order valence-corrected chi connectivity index (χ4v) is 3.11. The fraction of sp³-hybridized carbons (Fsp3) is 0.333. The van der Waals surface area contributed by atoms with Crippen molar-refractivity contribution in [3.8, 4) is 5.82 Å². The number of fused-ring (bicyclic) bond motifs is 1. The van der Waals surface area contributed by atoms with Gasteiger partial charge in [-0.15, -0.1) is 0 Å². The molecular weight excluding hydrogens is 369 g/mol. The summed E-state index contributed by atoms with van der Waals surface area (Å²) >= 11 is 2.22. The molecule has 0 bridgehead atoms. The van der Waals surface area contributed by atoms with Crippen LogP contribution in [-0.4, -0.2) is 29.7 Å². The Bertz CT molecular complexity index is 781. The lowest BCUT2D eigenvalue weighted by Gasteiger charge is -2.15. The fourth-order valence-electron chi connectivity index (χ4n) is 1.97. The second kappa shape index (κ2) is 4.40. The standard InChI is InChI=1S/C12H14IN7/c1-12(2,3)8-6(13)9(14)20(19-8)11-7-10(16-4-15-7)17-5-18-11/h4-5H,14H2,1-3H3,(H,15,16,17,18). The van der Waals surface area contributed by atoms with Gasteiger partial charge in [-0.3, -0.25) is 0 Å². The highest BCUT2D eigenvalue weighted by atomic mass is 127. The highest BCUT2D eigenvalue weighted by Gasteiger charge is 2.26. The van der Waals surface area contributed by atoms with Gasteiger partial charge in [-0.2, -0.15) is 9.78 Å². The van der Waals surface area contributed by atoms with E-state index in [1.807, 2.05) is 0 Å². The number of nitrogen functional groups attached to an aromatic ring is 1. The van der Waals surface area contributed by atoms with Crippen LogP contribution in [-0.2, 0) is 5.41 Å². The van der Waals surface area contributed by atoms with E-state index in [0.29, 0.717) is 17.3 Å². The van der Waals surface area contributed by atoms with Gasteiger partial charge in [0.05, 0.1) is 15.6 Å². The van der Waals surface area contributed by atoms with Gasteiger partial charge in [-0.1, -0.05) is 20.8 Å². The minimum atomic E-state index is -0.0873. The Hall–Kier alpha value is -1.71. The molecule has 3 heterocycles. The van der Waals surface area contributed by atoms with Gasteiger partial charge in [-0.05, 0) is 22.6 Å². The number of aromatic nitrogens is 6. The van der Waals surface area contributed by atoms with Crippen molar-refractivity contribution in [1.82, 2.24) is 29.7 Å². The molecule has 3 rings (SSSR count). The van der Waals surface area contributed by atoms with Crippen molar-refractivity contribution >= 4 is 39.6 Å². The number of H-pyrrole nitrogens is 1. The van der Waals surface area contributed by atoms with Crippen LogP contribution in [0.5, 0.6) is 0 Å². The van der Waals surface area contributed by atoms with Crippen molar-refractivity contribution in [2.75, 3.05) is 5.73 Å². The largest absolute Gasteiger partial charge is 0.383 e. The van der Waals surface area contributed by atoms with Gasteiger partial charge >= 0.3 is 0 Å². The molecule has 0 aliphatic carbocycles. The first-order valence-electron chi connectivity index (χ1n) is 6.08. The first-order valence-corrected chi connectivity index (χ1v) is 7.16. The number of hydrogen-bond acceptors (Lipinski definition) is 5. The van der Waals surface area contributed by atoms with E-state index in [4.69, 9.17) is 5.73 Å². The number of nitrogens with zero attached hydrogens (tertiary/aromatic N) is 5. The minimum Gasteiger partial charge on any atom is -0.383 e. The van der Waals surface area contributed by atoms with Crippen LogP contribution in [0.15, 0.2) is 12.7 Å². The van der Waals surface area contributed by atoms with E-state index in [9.17, 15) is 0 Å². The van der Waals surface area contributed by atoms with Gasteiger partial charge in [0.2, 0.25) is 0 Å². The highest BCUT2D eigenvalue weighted by molar-refractivity contribution is 14.1. The summed E-state index contributed by atoms with van der Waals surface area (Å²) in [6.07, 6.45) is 3.04. The average molecular weight is 383 g/mol. The van der Waals surface area contributed by atoms with E-state index in [0.717, 1.165) is 14.8 Å². The monoisotopic (exact) mass is 383 g/mol. The maximum atomic E-state index is 6.19. The summed E-state index contributed by atoms with van der Waals surface area (Å²) < 4.78 is 2.59. The third-order valence-electron chi connectivity index (χ3n) is 2.97. The quantitative estimate of drug-likeness (QED) is 0.627. The van der Waals surface area contributed by atoms with Gasteiger partial charge in [-0.25, -0.2) is 15.0 Å². The molecule has 0 atom stereocenters. The van der Waals surface area contributed by atoms with Crippen molar-refractivity contribution < 1.29 is 0 Å². The molecule has 0 saturated carbocycles. The lowest BCUT2D eigenvalue weighted by atomic mass is 9.92. The number of halogens is 1. The van der Waals surface area contributed by atoms with Crippen LogP contribution >= 0.6 is 22.6 Å². The summed E-state index contributed by atoms with van der Waals surface area (Å²) in [5, 5.41) is 4.63. The van der Waals surface area contributed by atoms with Crippen molar-refractivity contribution in [3.05, 3.63) is 21.9 Å². The maximum absolute atomic E-state index is 6.19. The molecule has 0 aliphatic rings. The Morgan fingerprint density at radius 2 is 2.00 bits per heavy atom. The van der Waals surface area contributed by atoms with E-state index in [-0.39, 0.29) is 5.41 Å². The molecular formula is C12H14IN7. The molecule has 0 aliphatic heterocycles. The SMILES string of the molecule is CC(C)(C)c1nn(-c2ncnc3nc[nH]c23)c(N)c1I. The second-order valence-corrected chi connectivity index (χ2v) is 6.59. The summed E-state index contributed by atoms with van der Waals surface area (Å²) in [5.41, 5.74) is 8.36. The van der Waals surface area contributed by atoms with Crippen molar-refractivity contribution in [2.45, 2.75) is 26.2 Å². The van der Waals surface area contributed by atoms with Gasteiger partial charge in [0, 0.05) is 5.41 Å². The number of nitrogens with one attached hydrogen (secondary N) is 1. The van der Waals surface area contributed by atoms with E-state index in [2.05, 4.69) is 68.4 Å². The lowest BCUT2D eigenvalue weighted by molar-refractivity contribution is 0.557. The smallest absolute Gasteiger partial charge is 0.184 e. The predicted molar refractivity (Wildman–Crippen MR) is 84.6 cm³/mol. The van der Waals surface area contributed by atoms with E-state index in [1.165, 1.54) is 6.33 Å². The minimum absolute atomic E-state index is 0.0873. The summed E-state index contributed by atoms with van der Waals surface area (Å²) in [6, 6.07) is 0. The number of aromatic amines is 1. The number of nitrogens with two attached hydrogens (primary N) is 1. The first kappa shape index (κ1) is 13.3. The third-order valence-corrected chi connectivity index (χ3v) is 4.04. The Balaban J connectivity index is 2.28. The molecule has 104 valence electrons. The molecule has 3 aromatic rings. The molecule has 8 heteroatoms.